The maximum Gasteiger partial charge on any atom is 0.295 e. The maximum atomic E-state index is 13.6. The summed E-state index contributed by atoms with van der Waals surface area (Å²) in [6, 6.07) is 12.7. The number of anilines is 1. The van der Waals surface area contributed by atoms with Gasteiger partial charge in [0.2, 0.25) is 0 Å². The Labute approximate surface area is 173 Å². The Hall–Kier alpha value is -3.22. The summed E-state index contributed by atoms with van der Waals surface area (Å²) in [4.78, 5) is 25.0. The van der Waals surface area contributed by atoms with E-state index in [9.17, 15) is 13.6 Å². The lowest BCUT2D eigenvalue weighted by molar-refractivity contribution is 0.0976. The lowest BCUT2D eigenvalue weighted by atomic mass is 10.0. The first-order chi connectivity index (χ1) is 14.3. The van der Waals surface area contributed by atoms with Crippen molar-refractivity contribution in [2.24, 2.45) is 5.92 Å². The minimum Gasteiger partial charge on any atom is -0.361 e. The van der Waals surface area contributed by atoms with Crippen molar-refractivity contribution in [3.05, 3.63) is 60.0 Å². The smallest absolute Gasteiger partial charge is 0.295 e. The summed E-state index contributed by atoms with van der Waals surface area (Å²) in [5, 5.41) is 1.02. The van der Waals surface area contributed by atoms with Gasteiger partial charge in [0.15, 0.2) is 5.82 Å². The van der Waals surface area contributed by atoms with Crippen molar-refractivity contribution < 1.29 is 13.6 Å². The second kappa shape index (κ2) is 7.89. The minimum absolute atomic E-state index is 0.0389. The van der Waals surface area contributed by atoms with E-state index >= 15 is 0 Å². The SMILES string of the molecule is CC(C)CC(C)N(C(=O)c1ccc2nc(C(F)F)[nH]c2c1)c1ccc2[nH]ccc2c1. The molecule has 0 aliphatic heterocycles. The number of hydrogen-bond donors (Lipinski definition) is 2. The van der Waals surface area contributed by atoms with Crippen molar-refractivity contribution in [2.75, 3.05) is 4.90 Å². The third-order valence-electron chi connectivity index (χ3n) is 5.24. The fourth-order valence-electron chi connectivity index (χ4n) is 3.95. The van der Waals surface area contributed by atoms with Crippen LogP contribution in [0, 0.1) is 5.92 Å². The topological polar surface area (TPSA) is 64.8 Å². The summed E-state index contributed by atoms with van der Waals surface area (Å²) in [5.74, 6) is -0.152. The van der Waals surface area contributed by atoms with E-state index in [4.69, 9.17) is 0 Å². The number of imidazole rings is 1. The largest absolute Gasteiger partial charge is 0.361 e. The number of nitrogens with one attached hydrogen (secondary N) is 2. The normalized spacial score (nSPS) is 12.9. The van der Waals surface area contributed by atoms with Crippen LogP contribution in [-0.2, 0) is 0 Å². The maximum absolute atomic E-state index is 13.6. The van der Waals surface area contributed by atoms with Gasteiger partial charge < -0.3 is 14.9 Å². The highest BCUT2D eigenvalue weighted by Gasteiger charge is 2.25. The third kappa shape index (κ3) is 3.79. The predicted molar refractivity (Wildman–Crippen MR) is 115 cm³/mol. The van der Waals surface area contributed by atoms with E-state index in [-0.39, 0.29) is 11.9 Å². The molecule has 2 aromatic carbocycles. The molecule has 4 rings (SSSR count). The van der Waals surface area contributed by atoms with Gasteiger partial charge in [-0.15, -0.1) is 0 Å². The Kier molecular flexibility index (Phi) is 5.28. The first-order valence-electron chi connectivity index (χ1n) is 10.0. The molecule has 7 heteroatoms. The minimum atomic E-state index is -2.69. The van der Waals surface area contributed by atoms with Crippen molar-refractivity contribution >= 4 is 33.5 Å². The van der Waals surface area contributed by atoms with Gasteiger partial charge in [0.05, 0.1) is 11.0 Å². The van der Waals surface area contributed by atoms with Crippen molar-refractivity contribution in [3.8, 4) is 0 Å². The van der Waals surface area contributed by atoms with Crippen LogP contribution in [0.15, 0.2) is 48.7 Å². The number of nitrogens with zero attached hydrogens (tertiary/aromatic N) is 2. The number of halogens is 2. The van der Waals surface area contributed by atoms with Crippen LogP contribution in [0.4, 0.5) is 14.5 Å². The van der Waals surface area contributed by atoms with Gasteiger partial charge in [-0.25, -0.2) is 13.8 Å². The number of aromatic amines is 2. The van der Waals surface area contributed by atoms with E-state index in [0.29, 0.717) is 22.5 Å². The van der Waals surface area contributed by atoms with Gasteiger partial charge in [-0.3, -0.25) is 4.79 Å². The second-order valence-corrected chi connectivity index (χ2v) is 8.06. The van der Waals surface area contributed by atoms with E-state index < -0.39 is 12.2 Å². The van der Waals surface area contributed by atoms with Gasteiger partial charge in [0, 0.05) is 34.4 Å². The lowest BCUT2D eigenvalue weighted by Crippen LogP contribution is -2.39. The Morgan fingerprint density at radius 3 is 2.60 bits per heavy atom. The van der Waals surface area contributed by atoms with Crippen LogP contribution >= 0.6 is 0 Å². The number of rotatable bonds is 6. The molecule has 0 spiro atoms. The first kappa shape index (κ1) is 20.1. The molecule has 156 valence electrons. The Morgan fingerprint density at radius 2 is 1.87 bits per heavy atom. The summed E-state index contributed by atoms with van der Waals surface area (Å²) in [5.41, 5.74) is 3.07. The molecular formula is C23H24F2N4O. The fourth-order valence-corrected chi connectivity index (χ4v) is 3.95. The summed E-state index contributed by atoms with van der Waals surface area (Å²) in [6.45, 7) is 6.27. The van der Waals surface area contributed by atoms with Crippen molar-refractivity contribution in [2.45, 2.75) is 39.7 Å². The van der Waals surface area contributed by atoms with E-state index in [1.54, 1.807) is 23.1 Å². The van der Waals surface area contributed by atoms with Crippen LogP contribution in [0.5, 0.6) is 0 Å². The van der Waals surface area contributed by atoms with Gasteiger partial charge >= 0.3 is 0 Å². The first-order valence-corrected chi connectivity index (χ1v) is 10.0. The second-order valence-electron chi connectivity index (χ2n) is 8.06. The average molecular weight is 410 g/mol. The Morgan fingerprint density at radius 1 is 1.07 bits per heavy atom. The molecule has 0 aliphatic rings. The average Bonchev–Trinajstić information content (AvgIpc) is 3.33. The third-order valence-corrected chi connectivity index (χ3v) is 5.24. The molecule has 1 amide bonds. The molecule has 5 nitrogen and oxygen atoms in total. The summed E-state index contributed by atoms with van der Waals surface area (Å²) in [7, 11) is 0. The monoisotopic (exact) mass is 410 g/mol. The van der Waals surface area contributed by atoms with Gasteiger partial charge in [0.1, 0.15) is 0 Å². The number of aromatic nitrogens is 3. The molecule has 1 atom stereocenters. The highest BCUT2D eigenvalue weighted by Crippen LogP contribution is 2.28. The molecule has 2 N–H and O–H groups in total. The van der Waals surface area contributed by atoms with Crippen molar-refractivity contribution in [1.82, 2.24) is 15.0 Å². The number of benzene rings is 2. The number of fused-ring (bicyclic) bond motifs is 2. The van der Waals surface area contributed by atoms with Gasteiger partial charge in [0.25, 0.3) is 12.3 Å². The zero-order valence-electron chi connectivity index (χ0n) is 17.1. The van der Waals surface area contributed by atoms with Crippen LogP contribution in [0.2, 0.25) is 0 Å². The van der Waals surface area contributed by atoms with Crippen LogP contribution in [0.3, 0.4) is 0 Å². The summed E-state index contributed by atoms with van der Waals surface area (Å²) in [6.07, 6.45) is 0.0103. The highest BCUT2D eigenvalue weighted by molar-refractivity contribution is 6.08. The molecule has 0 saturated carbocycles. The molecule has 2 heterocycles. The molecule has 0 bridgehead atoms. The molecule has 2 aromatic heterocycles. The van der Waals surface area contributed by atoms with Crippen LogP contribution < -0.4 is 4.90 Å². The molecule has 30 heavy (non-hydrogen) atoms. The highest BCUT2D eigenvalue weighted by atomic mass is 19.3. The number of hydrogen-bond acceptors (Lipinski definition) is 2. The Bertz CT molecular complexity index is 1190. The predicted octanol–water partition coefficient (Wildman–Crippen LogP) is 6.06. The van der Waals surface area contributed by atoms with E-state index in [1.807, 2.05) is 37.4 Å². The standard InChI is InChI=1S/C23H24F2N4O/c1-13(2)10-14(3)29(17-5-7-18-15(11-17)8-9-26-18)23(30)16-4-6-19-20(12-16)28-22(27-19)21(24)25/h4-9,11-14,21,26H,10H2,1-3H3,(H,27,28). The van der Waals surface area contributed by atoms with Crippen molar-refractivity contribution in [3.63, 3.8) is 0 Å². The van der Waals surface area contributed by atoms with Crippen LogP contribution in [0.1, 0.15) is 49.8 Å². The molecular weight excluding hydrogens is 386 g/mol. The molecule has 0 radical (unpaired) electrons. The molecule has 0 aliphatic carbocycles. The van der Waals surface area contributed by atoms with Gasteiger partial charge in [-0.1, -0.05) is 13.8 Å². The Balaban J connectivity index is 1.75. The van der Waals surface area contributed by atoms with Crippen LogP contribution in [-0.4, -0.2) is 26.9 Å². The number of carbonyl (C=O) groups is 1. The quantitative estimate of drug-likeness (QED) is 0.406. The summed E-state index contributed by atoms with van der Waals surface area (Å²) >= 11 is 0. The number of alkyl halides is 2. The van der Waals surface area contributed by atoms with Crippen LogP contribution in [0.25, 0.3) is 21.9 Å². The summed E-state index contributed by atoms with van der Waals surface area (Å²) < 4.78 is 25.9. The zero-order chi connectivity index (χ0) is 21.4. The van der Waals surface area contributed by atoms with Gasteiger partial charge in [-0.05, 0) is 61.7 Å². The number of carbonyl (C=O) groups excluding carboxylic acids is 1. The molecule has 0 fully saturated rings. The number of amides is 1. The fraction of sp³-hybridized carbons (Fsp3) is 0.304. The molecule has 1 unspecified atom stereocenters. The molecule has 0 saturated heterocycles. The number of H-pyrrole nitrogens is 2. The molecule has 4 aromatic rings. The van der Waals surface area contributed by atoms with E-state index in [2.05, 4.69) is 28.8 Å². The zero-order valence-corrected chi connectivity index (χ0v) is 17.1. The van der Waals surface area contributed by atoms with Crippen molar-refractivity contribution in [1.29, 1.82) is 0 Å². The lowest BCUT2D eigenvalue weighted by Gasteiger charge is -2.31. The van der Waals surface area contributed by atoms with E-state index in [0.717, 1.165) is 23.0 Å². The van der Waals surface area contributed by atoms with E-state index in [1.165, 1.54) is 0 Å². The van der Waals surface area contributed by atoms with Gasteiger partial charge in [-0.2, -0.15) is 0 Å².